The maximum Gasteiger partial charge on any atom is 0.328 e. The van der Waals surface area contributed by atoms with Gasteiger partial charge in [0.25, 0.3) is 0 Å². The minimum Gasteiger partial charge on any atom is -0.481 e. The summed E-state index contributed by atoms with van der Waals surface area (Å²) in [5, 5.41) is 35.0. The molecule has 0 aliphatic heterocycles. The van der Waals surface area contributed by atoms with Crippen molar-refractivity contribution in [3.63, 3.8) is 0 Å². The summed E-state index contributed by atoms with van der Waals surface area (Å²) >= 11 is 0. The van der Waals surface area contributed by atoms with Crippen molar-refractivity contribution in [2.75, 3.05) is 6.61 Å². The minimum absolute atomic E-state index is 0.104. The van der Waals surface area contributed by atoms with Crippen LogP contribution >= 0.6 is 0 Å². The number of hydrogen-bond donors (Lipinski definition) is 9. The number of nitrogens with zero attached hydrogens (tertiary/aromatic N) is 1. The van der Waals surface area contributed by atoms with E-state index in [1.54, 1.807) is 6.20 Å². The first-order valence-electron chi connectivity index (χ1n) is 11.8. The molecular formula is C24H29N7O8. The number of carbonyl (C=O) groups is 5. The van der Waals surface area contributed by atoms with E-state index in [9.17, 15) is 29.1 Å². The van der Waals surface area contributed by atoms with E-state index in [2.05, 4.69) is 25.6 Å². The molecule has 2 heterocycles. The Kier molecular flexibility index (Phi) is 9.72. The summed E-state index contributed by atoms with van der Waals surface area (Å²) in [6, 6.07) is 1.68. The van der Waals surface area contributed by atoms with E-state index in [1.807, 2.05) is 29.6 Å². The highest BCUT2D eigenvalue weighted by Crippen LogP contribution is 2.18. The Morgan fingerprint density at radius 3 is 2.21 bits per heavy atom. The van der Waals surface area contributed by atoms with Gasteiger partial charge < -0.3 is 47.0 Å². The largest absolute Gasteiger partial charge is 0.481 e. The molecule has 0 aliphatic carbocycles. The fourth-order valence-corrected chi connectivity index (χ4v) is 3.85. The number of amides is 3. The second-order valence-electron chi connectivity index (χ2n) is 8.75. The third-order valence-corrected chi connectivity index (χ3v) is 5.87. The van der Waals surface area contributed by atoms with Crippen molar-refractivity contribution in [1.29, 1.82) is 0 Å². The first-order valence-corrected chi connectivity index (χ1v) is 11.8. The Morgan fingerprint density at radius 1 is 0.897 bits per heavy atom. The third-order valence-electron chi connectivity index (χ3n) is 5.87. The van der Waals surface area contributed by atoms with Gasteiger partial charge in [0, 0.05) is 35.4 Å². The molecule has 0 fully saturated rings. The lowest BCUT2D eigenvalue weighted by molar-refractivity contribution is -0.144. The summed E-state index contributed by atoms with van der Waals surface area (Å²) in [4.78, 5) is 70.9. The summed E-state index contributed by atoms with van der Waals surface area (Å²) in [7, 11) is 0. The van der Waals surface area contributed by atoms with Crippen molar-refractivity contribution < 1.29 is 39.3 Å². The van der Waals surface area contributed by atoms with E-state index in [4.69, 9.17) is 15.9 Å². The summed E-state index contributed by atoms with van der Waals surface area (Å²) in [5.74, 6) is -5.75. The number of aliphatic hydroxyl groups excluding tert-OH is 1. The van der Waals surface area contributed by atoms with Crippen LogP contribution in [0.2, 0.25) is 0 Å². The van der Waals surface area contributed by atoms with Gasteiger partial charge in [0.2, 0.25) is 17.7 Å². The number of benzene rings is 1. The fraction of sp³-hybridized carbons (Fsp3) is 0.333. The van der Waals surface area contributed by atoms with Crippen LogP contribution in [0.4, 0.5) is 0 Å². The molecular weight excluding hydrogens is 514 g/mol. The predicted molar refractivity (Wildman–Crippen MR) is 135 cm³/mol. The summed E-state index contributed by atoms with van der Waals surface area (Å²) in [6.45, 7) is -0.957. The van der Waals surface area contributed by atoms with Gasteiger partial charge in [0.1, 0.15) is 18.1 Å². The van der Waals surface area contributed by atoms with Gasteiger partial charge in [-0.2, -0.15) is 0 Å². The number of aromatic amines is 2. The molecule has 3 rings (SSSR count). The van der Waals surface area contributed by atoms with E-state index < -0.39 is 66.9 Å². The van der Waals surface area contributed by atoms with Gasteiger partial charge in [-0.15, -0.1) is 0 Å². The zero-order valence-corrected chi connectivity index (χ0v) is 20.6. The molecule has 10 N–H and O–H groups in total. The highest BCUT2D eigenvalue weighted by Gasteiger charge is 2.32. The lowest BCUT2D eigenvalue weighted by Gasteiger charge is -2.24. The molecule has 39 heavy (non-hydrogen) atoms. The predicted octanol–water partition coefficient (Wildman–Crippen LogP) is -1.99. The lowest BCUT2D eigenvalue weighted by Crippen LogP contribution is -2.58. The Morgan fingerprint density at radius 2 is 1.56 bits per heavy atom. The van der Waals surface area contributed by atoms with Gasteiger partial charge in [0.05, 0.1) is 25.4 Å². The molecule has 2 aromatic heterocycles. The quantitative estimate of drug-likeness (QED) is 0.108. The number of carboxylic acids is 2. The number of nitrogens with one attached hydrogen (secondary N) is 5. The van der Waals surface area contributed by atoms with Gasteiger partial charge >= 0.3 is 11.9 Å². The molecule has 1 aromatic carbocycles. The van der Waals surface area contributed by atoms with Crippen molar-refractivity contribution in [3.8, 4) is 0 Å². The standard InChI is InChI=1S/C24H29N7O8/c25-15(5-12-8-27-16-4-2-1-3-14(12)16)21(35)29-17(6-13-9-26-11-28-13)22(36)30-18(7-20(33)34)23(37)31-19(10-32)24(38)39/h1-4,8-9,11,15,17-19,27,32H,5-7,10,25H2,(H,26,28)(H,29,35)(H,30,36)(H,31,37)(H,33,34)(H,38,39). The summed E-state index contributed by atoms with van der Waals surface area (Å²) < 4.78 is 0. The van der Waals surface area contributed by atoms with Gasteiger partial charge in [-0.05, 0) is 18.1 Å². The maximum absolute atomic E-state index is 13.2. The molecule has 0 saturated heterocycles. The summed E-state index contributed by atoms with van der Waals surface area (Å²) in [5.41, 5.74) is 8.24. The van der Waals surface area contributed by atoms with Crippen LogP contribution in [-0.2, 0) is 36.8 Å². The van der Waals surface area contributed by atoms with E-state index >= 15 is 0 Å². The third kappa shape index (κ3) is 7.86. The molecule has 0 spiro atoms. The zero-order valence-electron chi connectivity index (χ0n) is 20.6. The molecule has 0 saturated carbocycles. The number of aromatic nitrogens is 3. The molecule has 15 heteroatoms. The van der Waals surface area contributed by atoms with E-state index in [0.29, 0.717) is 5.69 Å². The monoisotopic (exact) mass is 543 g/mol. The van der Waals surface area contributed by atoms with Crippen molar-refractivity contribution in [2.45, 2.75) is 43.4 Å². The van der Waals surface area contributed by atoms with E-state index in [-0.39, 0.29) is 12.8 Å². The van der Waals surface area contributed by atoms with Gasteiger partial charge in [-0.1, -0.05) is 18.2 Å². The molecule has 0 aliphatic rings. The van der Waals surface area contributed by atoms with Crippen molar-refractivity contribution >= 4 is 40.6 Å². The fourth-order valence-electron chi connectivity index (χ4n) is 3.85. The Hall–Kier alpha value is -4.76. The van der Waals surface area contributed by atoms with Crippen molar-refractivity contribution in [3.05, 3.63) is 54.2 Å². The van der Waals surface area contributed by atoms with Crippen LogP contribution < -0.4 is 21.7 Å². The van der Waals surface area contributed by atoms with Crippen LogP contribution in [0.3, 0.4) is 0 Å². The van der Waals surface area contributed by atoms with Gasteiger partial charge in [-0.3, -0.25) is 19.2 Å². The van der Waals surface area contributed by atoms with Crippen LogP contribution in [-0.4, -0.2) is 90.7 Å². The SMILES string of the molecule is NC(Cc1c[nH]c2ccccc12)C(=O)NC(Cc1cnc[nH]1)C(=O)NC(CC(=O)O)C(=O)NC(CO)C(=O)O. The lowest BCUT2D eigenvalue weighted by atomic mass is 10.0. The van der Waals surface area contributed by atoms with Crippen LogP contribution in [0.5, 0.6) is 0 Å². The molecule has 0 radical (unpaired) electrons. The van der Waals surface area contributed by atoms with Crippen molar-refractivity contribution in [2.24, 2.45) is 5.73 Å². The first kappa shape index (κ1) is 28.8. The van der Waals surface area contributed by atoms with Gasteiger partial charge in [-0.25, -0.2) is 9.78 Å². The number of nitrogens with two attached hydrogens (primary N) is 1. The Labute approximate surface area is 221 Å². The molecule has 3 amide bonds. The number of carbonyl (C=O) groups excluding carboxylic acids is 3. The number of fused-ring (bicyclic) bond motifs is 1. The van der Waals surface area contributed by atoms with Crippen LogP contribution in [0.15, 0.2) is 43.0 Å². The topological polar surface area (TPSA) is 253 Å². The molecule has 208 valence electrons. The van der Waals surface area contributed by atoms with Crippen LogP contribution in [0.25, 0.3) is 10.9 Å². The average Bonchev–Trinajstić information content (AvgIpc) is 3.56. The number of imidazole rings is 1. The molecule has 4 atom stereocenters. The van der Waals surface area contributed by atoms with E-state index in [0.717, 1.165) is 16.5 Å². The van der Waals surface area contributed by atoms with E-state index in [1.165, 1.54) is 12.5 Å². The number of rotatable bonds is 14. The Bertz CT molecular complexity index is 1320. The van der Waals surface area contributed by atoms with Crippen molar-refractivity contribution in [1.82, 2.24) is 30.9 Å². The summed E-state index contributed by atoms with van der Waals surface area (Å²) in [6.07, 6.45) is 3.66. The highest BCUT2D eigenvalue weighted by molar-refractivity contribution is 5.96. The molecule has 4 unspecified atom stereocenters. The van der Waals surface area contributed by atoms with Crippen LogP contribution in [0.1, 0.15) is 17.7 Å². The molecule has 3 aromatic rings. The number of carboxylic acid groups (broad SMARTS) is 2. The zero-order chi connectivity index (χ0) is 28.5. The second kappa shape index (κ2) is 13.2. The molecule has 0 bridgehead atoms. The highest BCUT2D eigenvalue weighted by atomic mass is 16.4. The number of H-pyrrole nitrogens is 2. The molecule has 15 nitrogen and oxygen atoms in total. The number of aliphatic hydroxyl groups is 1. The minimum atomic E-state index is -1.71. The number of para-hydroxylation sites is 1. The van der Waals surface area contributed by atoms with Crippen LogP contribution in [0, 0.1) is 0 Å². The van der Waals surface area contributed by atoms with Gasteiger partial charge in [0.15, 0.2) is 0 Å². The number of hydrogen-bond acceptors (Lipinski definition) is 8. The Balaban J connectivity index is 1.74. The average molecular weight is 544 g/mol. The second-order valence-corrected chi connectivity index (χ2v) is 8.75. The number of aliphatic carboxylic acids is 2. The first-order chi connectivity index (χ1) is 18.6. The normalized spacial score (nSPS) is 14.1. The smallest absolute Gasteiger partial charge is 0.328 e. The maximum atomic E-state index is 13.2.